The van der Waals surface area contributed by atoms with Crippen LogP contribution in [0.3, 0.4) is 0 Å². The van der Waals surface area contributed by atoms with Crippen LogP contribution < -0.4 is 5.56 Å². The highest BCUT2D eigenvalue weighted by atomic mass is 35.5. The summed E-state index contributed by atoms with van der Waals surface area (Å²) in [5, 5.41) is 8.82. The lowest BCUT2D eigenvalue weighted by Crippen LogP contribution is -2.40. The Kier molecular flexibility index (Phi) is 5.95. The van der Waals surface area contributed by atoms with E-state index in [1.54, 1.807) is 4.68 Å². The minimum atomic E-state index is -0.295. The van der Waals surface area contributed by atoms with Crippen LogP contribution in [-0.2, 0) is 11.3 Å². The molecule has 1 amide bonds. The van der Waals surface area contributed by atoms with E-state index in [1.807, 2.05) is 29.2 Å². The average molecular weight is 455 g/mol. The Labute approximate surface area is 191 Å². The van der Waals surface area contributed by atoms with Crippen LogP contribution in [0.1, 0.15) is 62.3 Å². The van der Waals surface area contributed by atoms with Gasteiger partial charge in [0.05, 0.1) is 6.54 Å². The number of benzene rings is 1. The maximum Gasteiger partial charge on any atom is 0.281 e. The van der Waals surface area contributed by atoms with Crippen LogP contribution in [0.5, 0.6) is 0 Å². The molecule has 1 aliphatic heterocycles. The zero-order valence-electron chi connectivity index (χ0n) is 18.0. The molecule has 0 spiro atoms. The summed E-state index contributed by atoms with van der Waals surface area (Å²) in [6.07, 6.45) is 7.24. The van der Waals surface area contributed by atoms with Crippen molar-refractivity contribution in [1.82, 2.24) is 29.9 Å². The largest absolute Gasteiger partial charge is 0.342 e. The highest BCUT2D eigenvalue weighted by molar-refractivity contribution is 6.30. The van der Waals surface area contributed by atoms with Gasteiger partial charge in [-0.25, -0.2) is 9.67 Å². The number of rotatable bonds is 5. The number of H-pyrrole nitrogens is 1. The van der Waals surface area contributed by atoms with Crippen molar-refractivity contribution in [3.8, 4) is 0 Å². The summed E-state index contributed by atoms with van der Waals surface area (Å²) in [6, 6.07) is 7.50. The van der Waals surface area contributed by atoms with Gasteiger partial charge >= 0.3 is 0 Å². The van der Waals surface area contributed by atoms with E-state index >= 15 is 0 Å². The van der Waals surface area contributed by atoms with Crippen LogP contribution >= 0.6 is 11.6 Å². The van der Waals surface area contributed by atoms with Crippen LogP contribution in [0.25, 0.3) is 11.2 Å². The number of aromatic amines is 1. The van der Waals surface area contributed by atoms with E-state index in [9.17, 15) is 9.59 Å². The number of piperidine rings is 1. The third kappa shape index (κ3) is 4.41. The fraction of sp³-hybridized carbons (Fsp3) is 0.522. The second kappa shape index (κ2) is 9.02. The maximum atomic E-state index is 12.9. The molecule has 1 aliphatic carbocycles. The molecule has 1 atom stereocenters. The summed E-state index contributed by atoms with van der Waals surface area (Å²) < 4.78 is 1.63. The lowest BCUT2D eigenvalue weighted by Gasteiger charge is -2.33. The third-order valence-corrected chi connectivity index (χ3v) is 6.95. The molecule has 168 valence electrons. The van der Waals surface area contributed by atoms with Crippen LogP contribution in [0.15, 0.2) is 29.1 Å². The number of carbonyl (C=O) groups excluding carboxylic acids is 1. The van der Waals surface area contributed by atoms with Crippen LogP contribution in [0.4, 0.5) is 0 Å². The van der Waals surface area contributed by atoms with Crippen molar-refractivity contribution >= 4 is 28.7 Å². The van der Waals surface area contributed by atoms with Gasteiger partial charge in [0.25, 0.3) is 5.56 Å². The van der Waals surface area contributed by atoms with Gasteiger partial charge in [0.1, 0.15) is 5.82 Å². The fourth-order valence-electron chi connectivity index (χ4n) is 5.01. The molecule has 8 nitrogen and oxygen atoms in total. The number of likely N-dealkylation sites (tertiary alicyclic amines) is 1. The van der Waals surface area contributed by atoms with E-state index in [2.05, 4.69) is 15.3 Å². The Morgan fingerprint density at radius 2 is 2.03 bits per heavy atom. The highest BCUT2D eigenvalue weighted by Crippen LogP contribution is 2.30. The minimum Gasteiger partial charge on any atom is -0.342 e. The van der Waals surface area contributed by atoms with Crippen molar-refractivity contribution in [3.05, 3.63) is 51.0 Å². The topological polar surface area (TPSA) is 96.8 Å². The lowest BCUT2D eigenvalue weighted by molar-refractivity contribution is -0.133. The van der Waals surface area contributed by atoms with Gasteiger partial charge in [0.2, 0.25) is 5.91 Å². The van der Waals surface area contributed by atoms with Gasteiger partial charge in [0.15, 0.2) is 11.2 Å². The van der Waals surface area contributed by atoms with Crippen LogP contribution in [0.2, 0.25) is 5.02 Å². The molecule has 2 fully saturated rings. The predicted octanol–water partition coefficient (Wildman–Crippen LogP) is 3.50. The highest BCUT2D eigenvalue weighted by Gasteiger charge is 2.29. The molecule has 2 aliphatic rings. The molecule has 2 aromatic heterocycles. The summed E-state index contributed by atoms with van der Waals surface area (Å²) in [4.78, 5) is 35.1. The van der Waals surface area contributed by atoms with Crippen LogP contribution in [0, 0.1) is 5.92 Å². The van der Waals surface area contributed by atoms with Crippen molar-refractivity contribution in [2.45, 2.75) is 57.4 Å². The second-order valence-corrected chi connectivity index (χ2v) is 9.47. The standard InChI is InChI=1S/C23H27ClN6O2/c24-18-9-3-7-16(11-18)13-30-22-20(27-28-30)23(32)26-21(25-22)17-8-4-10-29(14-17)19(31)12-15-5-1-2-6-15/h3,7,9,11,15,17H,1-2,4-6,8,10,12-14H2,(H,25,26,32). The van der Waals surface area contributed by atoms with Gasteiger partial charge in [-0.3, -0.25) is 9.59 Å². The maximum absolute atomic E-state index is 12.9. The Hall–Kier alpha value is -2.74. The van der Waals surface area contributed by atoms with Crippen molar-refractivity contribution < 1.29 is 4.79 Å². The summed E-state index contributed by atoms with van der Waals surface area (Å²) in [6.45, 7) is 1.79. The Balaban J connectivity index is 1.37. The van der Waals surface area contributed by atoms with Gasteiger partial charge in [0, 0.05) is 30.5 Å². The molecule has 1 unspecified atom stereocenters. The first-order chi connectivity index (χ1) is 15.6. The predicted molar refractivity (Wildman–Crippen MR) is 122 cm³/mol. The molecular formula is C23H27ClN6O2. The quantitative estimate of drug-likeness (QED) is 0.636. The van der Waals surface area contributed by atoms with E-state index in [1.165, 1.54) is 12.8 Å². The first kappa shape index (κ1) is 21.1. The van der Waals surface area contributed by atoms with Gasteiger partial charge in [-0.2, -0.15) is 0 Å². The number of halogens is 1. The van der Waals surface area contributed by atoms with Gasteiger partial charge in [-0.1, -0.05) is 41.8 Å². The van der Waals surface area contributed by atoms with Crippen molar-refractivity contribution in [2.24, 2.45) is 5.92 Å². The summed E-state index contributed by atoms with van der Waals surface area (Å²) >= 11 is 6.10. The molecule has 32 heavy (non-hydrogen) atoms. The Bertz CT molecular complexity index is 1180. The minimum absolute atomic E-state index is 0.00268. The van der Waals surface area contributed by atoms with Crippen molar-refractivity contribution in [3.63, 3.8) is 0 Å². The Morgan fingerprint density at radius 1 is 1.19 bits per heavy atom. The summed E-state index contributed by atoms with van der Waals surface area (Å²) in [5.74, 6) is 1.38. The first-order valence-electron chi connectivity index (χ1n) is 11.4. The molecule has 1 saturated heterocycles. The number of carbonyl (C=O) groups is 1. The van der Waals surface area contributed by atoms with E-state index in [-0.39, 0.29) is 22.9 Å². The number of aromatic nitrogens is 5. The third-order valence-electron chi connectivity index (χ3n) is 6.71. The SMILES string of the molecule is O=C(CC1CCCC1)N1CCCC(c2nc3c(nnn3Cc3cccc(Cl)c3)c(=O)[nH]2)C1. The van der Waals surface area contributed by atoms with Gasteiger partial charge in [-0.05, 0) is 49.3 Å². The number of nitrogens with one attached hydrogen (secondary N) is 1. The molecule has 3 heterocycles. The molecule has 9 heteroatoms. The van der Waals surface area contributed by atoms with Crippen molar-refractivity contribution in [2.75, 3.05) is 13.1 Å². The lowest BCUT2D eigenvalue weighted by atomic mass is 9.95. The first-order valence-corrected chi connectivity index (χ1v) is 11.8. The normalized spacial score (nSPS) is 19.7. The van der Waals surface area contributed by atoms with Crippen molar-refractivity contribution in [1.29, 1.82) is 0 Å². The number of hydrogen-bond acceptors (Lipinski definition) is 5. The molecule has 0 radical (unpaired) electrons. The Morgan fingerprint density at radius 3 is 2.84 bits per heavy atom. The second-order valence-electron chi connectivity index (χ2n) is 9.03. The molecule has 5 rings (SSSR count). The van der Waals surface area contributed by atoms with E-state index in [0.717, 1.165) is 37.8 Å². The average Bonchev–Trinajstić information content (AvgIpc) is 3.44. The number of nitrogens with zero attached hydrogens (tertiary/aromatic N) is 5. The van der Waals surface area contributed by atoms with Gasteiger partial charge < -0.3 is 9.88 Å². The molecule has 1 saturated carbocycles. The smallest absolute Gasteiger partial charge is 0.281 e. The molecule has 0 bridgehead atoms. The molecule has 1 N–H and O–H groups in total. The summed E-state index contributed by atoms with van der Waals surface area (Å²) in [7, 11) is 0. The number of amides is 1. The fourth-order valence-corrected chi connectivity index (χ4v) is 5.22. The van der Waals surface area contributed by atoms with E-state index < -0.39 is 0 Å². The molecule has 3 aromatic rings. The monoisotopic (exact) mass is 454 g/mol. The van der Waals surface area contributed by atoms with Gasteiger partial charge in [-0.15, -0.1) is 5.10 Å². The molecule has 1 aromatic carbocycles. The zero-order valence-corrected chi connectivity index (χ0v) is 18.7. The molecular weight excluding hydrogens is 428 g/mol. The van der Waals surface area contributed by atoms with Crippen LogP contribution in [-0.4, -0.2) is 48.9 Å². The van der Waals surface area contributed by atoms with E-state index in [0.29, 0.717) is 41.9 Å². The number of hydrogen-bond donors (Lipinski definition) is 1. The number of fused-ring (bicyclic) bond motifs is 1. The zero-order chi connectivity index (χ0) is 22.1. The summed E-state index contributed by atoms with van der Waals surface area (Å²) in [5.41, 5.74) is 1.34. The van der Waals surface area contributed by atoms with E-state index in [4.69, 9.17) is 16.6 Å².